The highest BCUT2D eigenvalue weighted by Crippen LogP contribution is 2.26. The van der Waals surface area contributed by atoms with E-state index in [1.165, 1.54) is 0 Å². The van der Waals surface area contributed by atoms with E-state index in [-0.39, 0.29) is 18.3 Å². The number of ether oxygens (including phenoxy) is 1. The Bertz CT molecular complexity index is 1670. The average molecular weight is 525 g/mol. The number of Topliss-reactive ketones (excluding diaryl/α,β-unsaturated/α-hetero) is 1. The number of β-amino-alcohol motifs (C(OH)–C–C–N with tert-alkyl or cyclic N) is 1. The molecule has 1 aromatic carbocycles. The molecule has 0 bridgehead atoms. The molecule has 39 heavy (non-hydrogen) atoms. The van der Waals surface area contributed by atoms with Gasteiger partial charge in [0.05, 0.1) is 29.6 Å². The molecule has 0 aliphatic carbocycles. The second-order valence-electron chi connectivity index (χ2n) is 10.3. The minimum absolute atomic E-state index is 0.0216. The Balaban J connectivity index is 1.26. The first-order valence-electron chi connectivity index (χ1n) is 13.3. The number of carbonyl (C=O) groups excluding carboxylic acids is 1. The Hall–Kier alpha value is -4.08. The van der Waals surface area contributed by atoms with Gasteiger partial charge < -0.3 is 9.84 Å². The molecule has 5 aromatic rings. The summed E-state index contributed by atoms with van der Waals surface area (Å²) in [7, 11) is 1.96. The smallest absolute Gasteiger partial charge is 0.185 e. The van der Waals surface area contributed by atoms with E-state index in [1.54, 1.807) is 22.9 Å². The maximum atomic E-state index is 13.5. The standard InChI is InChI=1S/C30H32N6O3/c1-4-23-30-20(8-6-10-24(30)36(33-23)16-21-9-5-7-19(2)32-21)13-26(37)25-15-31-29-14-22(11-12-35(25)29)39-28-18-34(3)17-27(28)38/h5-12,14-15,27-28,38H,4,13,16-18H2,1-3H3/t27-,28-/m0/s1. The van der Waals surface area contributed by atoms with Crippen LogP contribution in [0.2, 0.25) is 0 Å². The van der Waals surface area contributed by atoms with Gasteiger partial charge in [-0.25, -0.2) is 4.98 Å². The molecule has 1 aliphatic heterocycles. The maximum absolute atomic E-state index is 13.5. The van der Waals surface area contributed by atoms with Gasteiger partial charge in [-0.05, 0) is 50.2 Å². The van der Waals surface area contributed by atoms with E-state index in [4.69, 9.17) is 9.84 Å². The van der Waals surface area contributed by atoms with Crippen LogP contribution < -0.4 is 4.74 Å². The highest BCUT2D eigenvalue weighted by atomic mass is 16.5. The Morgan fingerprint density at radius 1 is 1.15 bits per heavy atom. The zero-order chi connectivity index (χ0) is 27.1. The highest BCUT2D eigenvalue weighted by molar-refractivity contribution is 5.99. The third-order valence-corrected chi connectivity index (χ3v) is 7.36. The summed E-state index contributed by atoms with van der Waals surface area (Å²) in [5.41, 5.74) is 5.99. The lowest BCUT2D eigenvalue weighted by atomic mass is 10.0. The zero-order valence-electron chi connectivity index (χ0n) is 22.4. The van der Waals surface area contributed by atoms with Crippen molar-refractivity contribution in [3.8, 4) is 5.75 Å². The lowest BCUT2D eigenvalue weighted by Gasteiger charge is -2.16. The van der Waals surface area contributed by atoms with Crippen molar-refractivity contribution in [1.82, 2.24) is 29.0 Å². The van der Waals surface area contributed by atoms with Crippen LogP contribution in [0.15, 0.2) is 60.9 Å². The van der Waals surface area contributed by atoms with Crippen LogP contribution in [-0.4, -0.2) is 72.3 Å². The third-order valence-electron chi connectivity index (χ3n) is 7.36. The predicted molar refractivity (Wildman–Crippen MR) is 148 cm³/mol. The van der Waals surface area contributed by atoms with Crippen LogP contribution in [0.3, 0.4) is 0 Å². The third kappa shape index (κ3) is 4.91. The molecular formula is C30H32N6O3. The SMILES string of the molecule is CCc1nn(Cc2cccc(C)n2)c2cccc(CC(=O)c3cnc4cc(O[C@H]5CN(C)C[C@@H]5O)ccn34)c12. The zero-order valence-corrected chi connectivity index (χ0v) is 22.4. The number of aryl methyl sites for hydroxylation is 2. The molecule has 1 aliphatic rings. The van der Waals surface area contributed by atoms with E-state index in [0.29, 0.717) is 36.7 Å². The van der Waals surface area contributed by atoms with Gasteiger partial charge in [0.25, 0.3) is 0 Å². The molecule has 0 radical (unpaired) electrons. The summed E-state index contributed by atoms with van der Waals surface area (Å²) in [5, 5.41) is 16.1. The molecule has 0 spiro atoms. The first-order chi connectivity index (χ1) is 18.9. The summed E-state index contributed by atoms with van der Waals surface area (Å²) in [6.45, 7) is 5.89. The number of aliphatic hydroxyl groups is 1. The molecule has 9 heteroatoms. The largest absolute Gasteiger partial charge is 0.486 e. The molecule has 0 unspecified atom stereocenters. The van der Waals surface area contributed by atoms with Gasteiger partial charge in [-0.1, -0.05) is 25.1 Å². The van der Waals surface area contributed by atoms with Crippen LogP contribution in [0.4, 0.5) is 0 Å². The quantitative estimate of drug-likeness (QED) is 0.311. The van der Waals surface area contributed by atoms with E-state index in [2.05, 4.69) is 23.0 Å². The summed E-state index contributed by atoms with van der Waals surface area (Å²) < 4.78 is 9.79. The number of rotatable bonds is 8. The van der Waals surface area contributed by atoms with Gasteiger partial charge >= 0.3 is 0 Å². The Kier molecular flexibility index (Phi) is 6.62. The van der Waals surface area contributed by atoms with Gasteiger partial charge in [0.2, 0.25) is 0 Å². The van der Waals surface area contributed by atoms with E-state index in [0.717, 1.165) is 40.0 Å². The molecule has 9 nitrogen and oxygen atoms in total. The molecule has 1 fully saturated rings. The van der Waals surface area contributed by atoms with Gasteiger partial charge in [-0.3, -0.25) is 23.8 Å². The minimum atomic E-state index is -0.531. The number of aliphatic hydroxyl groups excluding tert-OH is 1. The second kappa shape index (κ2) is 10.2. The number of imidazole rings is 1. The summed E-state index contributed by atoms with van der Waals surface area (Å²) in [6.07, 6.45) is 3.61. The number of nitrogens with zero attached hydrogens (tertiary/aromatic N) is 6. The Morgan fingerprint density at radius 2 is 2.00 bits per heavy atom. The summed E-state index contributed by atoms with van der Waals surface area (Å²) >= 11 is 0. The second-order valence-corrected chi connectivity index (χ2v) is 10.3. The highest BCUT2D eigenvalue weighted by Gasteiger charge is 2.31. The molecule has 2 atom stereocenters. The fourth-order valence-electron chi connectivity index (χ4n) is 5.48. The summed E-state index contributed by atoms with van der Waals surface area (Å²) in [4.78, 5) is 24.7. The Labute approximate surface area is 226 Å². The summed E-state index contributed by atoms with van der Waals surface area (Å²) in [5.74, 6) is 0.603. The van der Waals surface area contributed by atoms with Gasteiger partial charge in [-0.2, -0.15) is 5.10 Å². The van der Waals surface area contributed by atoms with Crippen LogP contribution in [-0.2, 0) is 19.4 Å². The number of likely N-dealkylation sites (tertiary alicyclic amines) is 1. The molecule has 6 rings (SSSR count). The first-order valence-corrected chi connectivity index (χ1v) is 13.3. The van der Waals surface area contributed by atoms with Crippen molar-refractivity contribution in [2.24, 2.45) is 0 Å². The van der Waals surface area contributed by atoms with Crippen molar-refractivity contribution < 1.29 is 14.6 Å². The lowest BCUT2D eigenvalue weighted by Crippen LogP contribution is -2.29. The van der Waals surface area contributed by atoms with Gasteiger partial charge in [0, 0.05) is 42.9 Å². The molecule has 0 amide bonds. The molecule has 200 valence electrons. The maximum Gasteiger partial charge on any atom is 0.185 e. The molecule has 4 aromatic heterocycles. The molecular weight excluding hydrogens is 492 g/mol. The molecule has 1 saturated heterocycles. The van der Waals surface area contributed by atoms with Crippen molar-refractivity contribution in [1.29, 1.82) is 0 Å². The van der Waals surface area contributed by atoms with Crippen molar-refractivity contribution in [2.45, 2.75) is 45.4 Å². The van der Waals surface area contributed by atoms with Crippen molar-refractivity contribution in [2.75, 3.05) is 20.1 Å². The minimum Gasteiger partial charge on any atom is -0.486 e. The number of carbonyl (C=O) groups is 1. The van der Waals surface area contributed by atoms with Crippen LogP contribution in [0, 0.1) is 6.92 Å². The van der Waals surface area contributed by atoms with Crippen LogP contribution in [0.1, 0.15) is 40.1 Å². The fourth-order valence-corrected chi connectivity index (χ4v) is 5.48. The number of aromatic nitrogens is 5. The van der Waals surface area contributed by atoms with Crippen molar-refractivity contribution >= 4 is 22.3 Å². The van der Waals surface area contributed by atoms with E-state index < -0.39 is 6.10 Å². The first kappa shape index (κ1) is 25.2. The number of fused-ring (bicyclic) bond motifs is 2. The predicted octanol–water partition coefficient (Wildman–Crippen LogP) is 3.48. The average Bonchev–Trinajstić information content (AvgIpc) is 3.59. The molecule has 0 saturated carbocycles. The van der Waals surface area contributed by atoms with Crippen LogP contribution >= 0.6 is 0 Å². The number of benzene rings is 1. The van der Waals surface area contributed by atoms with E-state index in [9.17, 15) is 9.90 Å². The number of pyridine rings is 2. The van der Waals surface area contributed by atoms with E-state index >= 15 is 0 Å². The lowest BCUT2D eigenvalue weighted by molar-refractivity contribution is 0.0737. The van der Waals surface area contributed by atoms with Crippen molar-refractivity contribution in [3.05, 3.63) is 89.3 Å². The van der Waals surface area contributed by atoms with Crippen LogP contribution in [0.5, 0.6) is 5.75 Å². The van der Waals surface area contributed by atoms with Gasteiger partial charge in [0.1, 0.15) is 29.3 Å². The number of ketones is 1. The topological polar surface area (TPSA) is 97.8 Å². The molecule has 1 N–H and O–H groups in total. The number of likely N-dealkylation sites (N-methyl/N-ethyl adjacent to an activating group) is 1. The number of hydrogen-bond donors (Lipinski definition) is 1. The van der Waals surface area contributed by atoms with E-state index in [1.807, 2.05) is 60.0 Å². The Morgan fingerprint density at radius 3 is 2.77 bits per heavy atom. The normalized spacial score (nSPS) is 17.8. The number of hydrogen-bond acceptors (Lipinski definition) is 7. The van der Waals surface area contributed by atoms with Gasteiger partial charge in [-0.15, -0.1) is 0 Å². The molecule has 5 heterocycles. The van der Waals surface area contributed by atoms with Crippen LogP contribution in [0.25, 0.3) is 16.6 Å². The monoisotopic (exact) mass is 524 g/mol. The summed E-state index contributed by atoms with van der Waals surface area (Å²) in [6, 6.07) is 15.7. The fraction of sp³-hybridized carbons (Fsp3) is 0.333. The van der Waals surface area contributed by atoms with Crippen molar-refractivity contribution in [3.63, 3.8) is 0 Å². The van der Waals surface area contributed by atoms with Gasteiger partial charge in [0.15, 0.2) is 5.78 Å².